The Labute approximate surface area is 191 Å². The second-order valence-corrected chi connectivity index (χ2v) is 11.4. The van der Waals surface area contributed by atoms with E-state index in [4.69, 9.17) is 0 Å². The molecule has 2 aromatic rings. The van der Waals surface area contributed by atoms with Crippen LogP contribution in [0.1, 0.15) is 50.3 Å². The van der Waals surface area contributed by atoms with Crippen molar-refractivity contribution in [3.05, 3.63) is 43.3 Å². The minimum Gasteiger partial charge on any atom is -0.273 e. The van der Waals surface area contributed by atoms with Crippen LogP contribution in [0.25, 0.3) is 9.75 Å². The highest BCUT2D eigenvalue weighted by atomic mass is 32.1. The number of thiophene rings is 2. The van der Waals surface area contributed by atoms with E-state index in [1.54, 1.807) is 19.1 Å². The van der Waals surface area contributed by atoms with Crippen molar-refractivity contribution < 1.29 is 14.6 Å². The molecule has 4 fully saturated rings. The zero-order chi connectivity index (χ0) is 22.6. The molecule has 9 nitrogen and oxygen atoms in total. The molecular formula is C21H22N4O5S2. The van der Waals surface area contributed by atoms with Crippen molar-refractivity contribution in [1.82, 2.24) is 5.43 Å². The van der Waals surface area contributed by atoms with Gasteiger partial charge >= 0.3 is 5.00 Å². The third-order valence-corrected chi connectivity index (χ3v) is 9.56. The van der Waals surface area contributed by atoms with Crippen molar-refractivity contribution in [2.45, 2.75) is 45.4 Å². The van der Waals surface area contributed by atoms with Crippen molar-refractivity contribution in [3.8, 4) is 9.75 Å². The number of carbonyl (C=O) groups is 1. The van der Waals surface area contributed by atoms with Crippen LogP contribution in [-0.2, 0) is 4.79 Å². The second-order valence-electron chi connectivity index (χ2n) is 9.31. The molecule has 32 heavy (non-hydrogen) atoms. The highest BCUT2D eigenvalue weighted by Gasteiger charge is 2.54. The molecule has 0 unspecified atom stereocenters. The van der Waals surface area contributed by atoms with E-state index >= 15 is 0 Å². The van der Waals surface area contributed by atoms with Crippen LogP contribution in [0.5, 0.6) is 0 Å². The lowest BCUT2D eigenvalue weighted by molar-refractivity contribution is -0.389. The predicted molar refractivity (Wildman–Crippen MR) is 122 cm³/mol. The number of hydrazone groups is 1. The molecule has 4 aliphatic carbocycles. The van der Waals surface area contributed by atoms with Crippen LogP contribution in [0.3, 0.4) is 0 Å². The third-order valence-electron chi connectivity index (χ3n) is 7.11. The Morgan fingerprint density at radius 3 is 2.25 bits per heavy atom. The number of amides is 1. The summed E-state index contributed by atoms with van der Waals surface area (Å²) in [5.41, 5.74) is 2.84. The second kappa shape index (κ2) is 7.73. The van der Waals surface area contributed by atoms with Gasteiger partial charge in [-0.2, -0.15) is 5.10 Å². The fourth-order valence-corrected chi connectivity index (χ4v) is 8.13. The number of rotatable bonds is 6. The van der Waals surface area contributed by atoms with Gasteiger partial charge in [0.1, 0.15) is 10.9 Å². The van der Waals surface area contributed by atoms with Gasteiger partial charge in [0.2, 0.25) is 5.91 Å². The van der Waals surface area contributed by atoms with Gasteiger partial charge in [-0.1, -0.05) is 11.3 Å². The first kappa shape index (κ1) is 21.2. The summed E-state index contributed by atoms with van der Waals surface area (Å²) < 4.78 is 0. The van der Waals surface area contributed by atoms with Crippen molar-refractivity contribution in [1.29, 1.82) is 0 Å². The molecule has 2 heterocycles. The fourth-order valence-electron chi connectivity index (χ4n) is 6.12. The van der Waals surface area contributed by atoms with Crippen molar-refractivity contribution >= 4 is 45.0 Å². The van der Waals surface area contributed by atoms with Gasteiger partial charge in [-0.3, -0.25) is 25.0 Å². The van der Waals surface area contributed by atoms with Gasteiger partial charge in [-0.15, -0.1) is 11.3 Å². The molecule has 0 aromatic carbocycles. The number of hydrogen-bond donors (Lipinski definition) is 1. The van der Waals surface area contributed by atoms with E-state index in [-0.39, 0.29) is 26.9 Å². The molecule has 0 radical (unpaired) electrons. The Kier molecular flexibility index (Phi) is 5.12. The smallest absolute Gasteiger partial charge is 0.273 e. The van der Waals surface area contributed by atoms with E-state index in [1.807, 2.05) is 0 Å². The van der Waals surface area contributed by atoms with Gasteiger partial charge in [0.05, 0.1) is 30.7 Å². The topological polar surface area (TPSA) is 128 Å². The molecular weight excluding hydrogens is 452 g/mol. The molecule has 4 aliphatic rings. The number of nitro groups is 2. The van der Waals surface area contributed by atoms with Crippen LogP contribution in [0.2, 0.25) is 0 Å². The highest BCUT2D eigenvalue weighted by Crippen LogP contribution is 2.60. The molecule has 6 rings (SSSR count). The summed E-state index contributed by atoms with van der Waals surface area (Å²) in [5, 5.41) is 26.5. The van der Waals surface area contributed by atoms with E-state index < -0.39 is 9.85 Å². The lowest BCUT2D eigenvalue weighted by Crippen LogP contribution is -2.52. The molecule has 168 valence electrons. The molecule has 1 amide bonds. The summed E-state index contributed by atoms with van der Waals surface area (Å²) in [6, 6.07) is 4.46. The Morgan fingerprint density at radius 1 is 1.06 bits per heavy atom. The molecule has 0 aliphatic heterocycles. The average Bonchev–Trinajstić information content (AvgIpc) is 3.38. The van der Waals surface area contributed by atoms with Crippen LogP contribution in [0.4, 0.5) is 10.7 Å². The van der Waals surface area contributed by atoms with E-state index in [9.17, 15) is 25.0 Å². The quantitative estimate of drug-likeness (QED) is 0.343. The SMILES string of the molecule is C/C(=N/NC(=O)C12CC3CC(CC(C3)C1)C2)c1ccc(-c2sc([N+](=O)[O-])cc2[N+](=O)[O-])s1. The Hall–Kier alpha value is -2.66. The Balaban J connectivity index is 1.33. The first-order valence-corrected chi connectivity index (χ1v) is 12.3. The van der Waals surface area contributed by atoms with Crippen molar-refractivity contribution in [3.63, 3.8) is 0 Å². The monoisotopic (exact) mass is 474 g/mol. The van der Waals surface area contributed by atoms with E-state index in [2.05, 4.69) is 10.5 Å². The Morgan fingerprint density at radius 2 is 1.69 bits per heavy atom. The summed E-state index contributed by atoms with van der Waals surface area (Å²) in [4.78, 5) is 35.8. The summed E-state index contributed by atoms with van der Waals surface area (Å²) in [6.45, 7) is 1.78. The maximum atomic E-state index is 13.1. The van der Waals surface area contributed by atoms with E-state index in [0.29, 0.717) is 28.3 Å². The molecule has 0 saturated heterocycles. The van der Waals surface area contributed by atoms with Crippen LogP contribution < -0.4 is 5.43 Å². The molecule has 0 spiro atoms. The number of nitrogens with zero attached hydrogens (tertiary/aromatic N) is 3. The molecule has 4 bridgehead atoms. The standard InChI is InChI=1S/C21H22N4O5S2/c1-11(22-23-20(26)21-8-12-4-13(9-21)6-14(5-12)10-21)16-2-3-17(31-16)19-15(24(27)28)7-18(32-19)25(29)30/h2-3,7,12-14H,4-6,8-10H2,1H3,(H,23,26)/b22-11-. The molecule has 11 heteroatoms. The predicted octanol–water partition coefficient (Wildman–Crippen LogP) is 5.35. The van der Waals surface area contributed by atoms with Gasteiger partial charge in [-0.25, -0.2) is 5.43 Å². The van der Waals surface area contributed by atoms with Crippen LogP contribution in [-0.4, -0.2) is 21.5 Å². The molecule has 1 N–H and O–H groups in total. The minimum absolute atomic E-state index is 0.0113. The van der Waals surface area contributed by atoms with Gasteiger partial charge in [0, 0.05) is 0 Å². The summed E-state index contributed by atoms with van der Waals surface area (Å²) >= 11 is 2.05. The van der Waals surface area contributed by atoms with Crippen LogP contribution >= 0.6 is 22.7 Å². The van der Waals surface area contributed by atoms with Crippen LogP contribution in [0, 0.1) is 43.4 Å². The zero-order valence-corrected chi connectivity index (χ0v) is 19.0. The first-order chi connectivity index (χ1) is 15.2. The zero-order valence-electron chi connectivity index (χ0n) is 17.4. The van der Waals surface area contributed by atoms with Gasteiger partial charge < -0.3 is 0 Å². The maximum absolute atomic E-state index is 13.1. The fraction of sp³-hybridized carbons (Fsp3) is 0.524. The van der Waals surface area contributed by atoms with Gasteiger partial charge in [-0.05, 0) is 75.3 Å². The largest absolute Gasteiger partial charge is 0.331 e. The Bertz CT molecular complexity index is 1120. The lowest BCUT2D eigenvalue weighted by Gasteiger charge is -2.55. The van der Waals surface area contributed by atoms with Crippen molar-refractivity contribution in [2.75, 3.05) is 0 Å². The minimum atomic E-state index is -0.623. The number of hydrogen-bond acceptors (Lipinski definition) is 8. The van der Waals surface area contributed by atoms with Gasteiger partial charge in [0.15, 0.2) is 0 Å². The maximum Gasteiger partial charge on any atom is 0.331 e. The summed E-state index contributed by atoms with van der Waals surface area (Å²) in [5.74, 6) is 2.02. The van der Waals surface area contributed by atoms with Crippen molar-refractivity contribution in [2.24, 2.45) is 28.3 Å². The van der Waals surface area contributed by atoms with E-state index in [0.717, 1.165) is 41.5 Å². The first-order valence-electron chi connectivity index (χ1n) is 10.6. The normalized spacial score (nSPS) is 28.7. The molecule has 2 aromatic heterocycles. The summed E-state index contributed by atoms with van der Waals surface area (Å²) in [7, 11) is 0. The number of nitrogens with one attached hydrogen (secondary N) is 1. The summed E-state index contributed by atoms with van der Waals surface area (Å²) in [6.07, 6.45) is 6.68. The lowest BCUT2D eigenvalue weighted by atomic mass is 9.49. The molecule has 0 atom stereocenters. The average molecular weight is 475 g/mol. The van der Waals surface area contributed by atoms with Gasteiger partial charge in [0.25, 0.3) is 5.69 Å². The van der Waals surface area contributed by atoms with E-state index in [1.165, 1.54) is 30.6 Å². The molecule has 4 saturated carbocycles. The number of carbonyl (C=O) groups excluding carboxylic acids is 1. The third kappa shape index (κ3) is 3.62. The van der Waals surface area contributed by atoms with Crippen LogP contribution in [0.15, 0.2) is 23.3 Å². The highest BCUT2D eigenvalue weighted by molar-refractivity contribution is 7.25.